The van der Waals surface area contributed by atoms with Gasteiger partial charge in [0.2, 0.25) is 5.91 Å². The molecule has 1 aromatic rings. The normalized spacial score (nSPS) is 26.0. The van der Waals surface area contributed by atoms with Crippen LogP contribution in [0.5, 0.6) is 0 Å². The van der Waals surface area contributed by atoms with Gasteiger partial charge in [0.25, 0.3) is 5.91 Å². The van der Waals surface area contributed by atoms with Gasteiger partial charge in [-0.2, -0.15) is 0 Å². The minimum Gasteiger partial charge on any atom is -0.342 e. The van der Waals surface area contributed by atoms with Gasteiger partial charge in [0, 0.05) is 32.4 Å². The second kappa shape index (κ2) is 6.97. The lowest BCUT2D eigenvalue weighted by Gasteiger charge is -2.39. The third-order valence-electron chi connectivity index (χ3n) is 6.15. The molecular weight excluding hydrogens is 328 g/mol. The molecule has 26 heavy (non-hydrogen) atoms. The maximum Gasteiger partial charge on any atom is 0.257 e. The Bertz CT molecular complexity index is 703. The molecule has 0 N–H and O–H groups in total. The van der Waals surface area contributed by atoms with E-state index in [1.807, 2.05) is 4.90 Å². The predicted octanol–water partition coefficient (Wildman–Crippen LogP) is 2.29. The van der Waals surface area contributed by atoms with E-state index in [1.165, 1.54) is 19.2 Å². The first-order chi connectivity index (χ1) is 12.6. The molecule has 6 heteroatoms. The molecule has 1 aliphatic carbocycles. The van der Waals surface area contributed by atoms with Gasteiger partial charge in [0.15, 0.2) is 0 Å². The zero-order valence-corrected chi connectivity index (χ0v) is 15.6. The summed E-state index contributed by atoms with van der Waals surface area (Å²) in [6.07, 6.45) is 10.1. The van der Waals surface area contributed by atoms with E-state index >= 15 is 0 Å². The van der Waals surface area contributed by atoms with E-state index < -0.39 is 0 Å². The van der Waals surface area contributed by atoms with E-state index in [4.69, 9.17) is 0 Å². The topological polar surface area (TPSA) is 66.4 Å². The lowest BCUT2D eigenvalue weighted by molar-refractivity contribution is -0.145. The average Bonchev–Trinajstić information content (AvgIpc) is 3.37. The number of hydrogen-bond donors (Lipinski definition) is 0. The Morgan fingerprint density at radius 3 is 2.92 bits per heavy atom. The molecule has 0 radical (unpaired) electrons. The number of carbonyl (C=O) groups excluding carboxylic acids is 2. The third-order valence-corrected chi connectivity index (χ3v) is 6.15. The molecule has 2 saturated heterocycles. The van der Waals surface area contributed by atoms with Gasteiger partial charge in [-0.15, -0.1) is 0 Å². The van der Waals surface area contributed by atoms with Crippen LogP contribution in [0.1, 0.15) is 61.5 Å². The first-order valence-electron chi connectivity index (χ1n) is 10.0. The van der Waals surface area contributed by atoms with Crippen LogP contribution in [0.25, 0.3) is 0 Å². The second-order valence-corrected chi connectivity index (χ2v) is 8.19. The Kier molecular flexibility index (Phi) is 4.67. The minimum atomic E-state index is -0.358. The number of carbonyl (C=O) groups is 2. The van der Waals surface area contributed by atoms with Gasteiger partial charge < -0.3 is 9.80 Å². The fourth-order valence-corrected chi connectivity index (χ4v) is 4.50. The SMILES string of the molecule is CCCc1ncncc1C(=O)N1CC[C@]2(CCCN(CC3CC3)C2=O)C1. The van der Waals surface area contributed by atoms with Crippen LogP contribution in [0, 0.1) is 11.3 Å². The number of likely N-dealkylation sites (tertiary alicyclic amines) is 2. The third kappa shape index (κ3) is 3.21. The van der Waals surface area contributed by atoms with Gasteiger partial charge in [-0.25, -0.2) is 9.97 Å². The average molecular weight is 356 g/mol. The number of aryl methyl sites for hydroxylation is 1. The van der Waals surface area contributed by atoms with Crippen LogP contribution in [-0.4, -0.2) is 57.8 Å². The summed E-state index contributed by atoms with van der Waals surface area (Å²) in [7, 11) is 0. The Morgan fingerprint density at radius 2 is 2.15 bits per heavy atom. The predicted molar refractivity (Wildman–Crippen MR) is 97.5 cm³/mol. The van der Waals surface area contributed by atoms with Gasteiger partial charge in [-0.05, 0) is 44.4 Å². The summed E-state index contributed by atoms with van der Waals surface area (Å²) in [4.78, 5) is 38.5. The fraction of sp³-hybridized carbons (Fsp3) is 0.700. The summed E-state index contributed by atoms with van der Waals surface area (Å²) in [6, 6.07) is 0. The number of rotatable bonds is 5. The molecule has 0 unspecified atom stereocenters. The highest BCUT2D eigenvalue weighted by atomic mass is 16.2. The van der Waals surface area contributed by atoms with Gasteiger partial charge in [-0.3, -0.25) is 9.59 Å². The first-order valence-corrected chi connectivity index (χ1v) is 10.0. The zero-order valence-electron chi connectivity index (χ0n) is 15.6. The van der Waals surface area contributed by atoms with Gasteiger partial charge in [0.1, 0.15) is 6.33 Å². The van der Waals surface area contributed by atoms with E-state index in [9.17, 15) is 9.59 Å². The van der Waals surface area contributed by atoms with Crippen molar-refractivity contribution >= 4 is 11.8 Å². The van der Waals surface area contributed by atoms with Crippen LogP contribution in [0.15, 0.2) is 12.5 Å². The lowest BCUT2D eigenvalue weighted by atomic mass is 9.78. The molecule has 2 amide bonds. The molecule has 6 nitrogen and oxygen atoms in total. The van der Waals surface area contributed by atoms with Crippen molar-refractivity contribution in [2.24, 2.45) is 11.3 Å². The number of aromatic nitrogens is 2. The molecule has 140 valence electrons. The molecule has 3 fully saturated rings. The largest absolute Gasteiger partial charge is 0.342 e. The molecule has 1 spiro atoms. The smallest absolute Gasteiger partial charge is 0.257 e. The van der Waals surface area contributed by atoms with E-state index in [-0.39, 0.29) is 17.2 Å². The van der Waals surface area contributed by atoms with Crippen LogP contribution < -0.4 is 0 Å². The highest BCUT2D eigenvalue weighted by Gasteiger charge is 2.50. The van der Waals surface area contributed by atoms with E-state index in [0.29, 0.717) is 24.6 Å². The van der Waals surface area contributed by atoms with Crippen LogP contribution in [0.3, 0.4) is 0 Å². The maximum atomic E-state index is 13.2. The van der Waals surface area contributed by atoms with Crippen LogP contribution in [-0.2, 0) is 11.2 Å². The van der Waals surface area contributed by atoms with Crippen LogP contribution in [0.2, 0.25) is 0 Å². The fourth-order valence-electron chi connectivity index (χ4n) is 4.50. The quantitative estimate of drug-likeness (QED) is 0.812. The number of amides is 2. The summed E-state index contributed by atoms with van der Waals surface area (Å²) >= 11 is 0. The summed E-state index contributed by atoms with van der Waals surface area (Å²) < 4.78 is 0. The monoisotopic (exact) mass is 356 g/mol. The van der Waals surface area contributed by atoms with E-state index in [1.54, 1.807) is 6.20 Å². The van der Waals surface area contributed by atoms with Gasteiger partial charge in [0.05, 0.1) is 16.7 Å². The molecule has 0 aromatic carbocycles. The maximum absolute atomic E-state index is 13.2. The highest BCUT2D eigenvalue weighted by molar-refractivity contribution is 5.96. The van der Waals surface area contributed by atoms with Crippen molar-refractivity contribution in [3.8, 4) is 0 Å². The number of piperidine rings is 1. The van der Waals surface area contributed by atoms with Crippen molar-refractivity contribution in [3.05, 3.63) is 23.8 Å². The van der Waals surface area contributed by atoms with Crippen molar-refractivity contribution in [1.29, 1.82) is 0 Å². The molecular formula is C20H28N4O2. The summed E-state index contributed by atoms with van der Waals surface area (Å²) in [6.45, 7) is 5.09. The Morgan fingerprint density at radius 1 is 1.31 bits per heavy atom. The summed E-state index contributed by atoms with van der Waals surface area (Å²) in [5.41, 5.74) is 1.06. The van der Waals surface area contributed by atoms with Gasteiger partial charge >= 0.3 is 0 Å². The zero-order chi connectivity index (χ0) is 18.1. The molecule has 0 bridgehead atoms. The summed E-state index contributed by atoms with van der Waals surface area (Å²) in [5.74, 6) is 0.980. The highest BCUT2D eigenvalue weighted by Crippen LogP contribution is 2.42. The van der Waals surface area contributed by atoms with Crippen molar-refractivity contribution in [1.82, 2.24) is 19.8 Å². The minimum absolute atomic E-state index is 0.0157. The second-order valence-electron chi connectivity index (χ2n) is 8.19. The Labute approximate surface area is 155 Å². The number of hydrogen-bond acceptors (Lipinski definition) is 4. The molecule has 3 aliphatic rings. The molecule has 3 heterocycles. The first kappa shape index (κ1) is 17.4. The van der Waals surface area contributed by atoms with Crippen molar-refractivity contribution < 1.29 is 9.59 Å². The molecule has 1 atom stereocenters. The van der Waals surface area contributed by atoms with Crippen molar-refractivity contribution in [2.75, 3.05) is 26.2 Å². The van der Waals surface area contributed by atoms with E-state index in [2.05, 4.69) is 21.8 Å². The van der Waals surface area contributed by atoms with Crippen LogP contribution >= 0.6 is 0 Å². The van der Waals surface area contributed by atoms with Crippen LogP contribution in [0.4, 0.5) is 0 Å². The molecule has 2 aliphatic heterocycles. The Hall–Kier alpha value is -1.98. The molecule has 4 rings (SSSR count). The van der Waals surface area contributed by atoms with Crippen molar-refractivity contribution in [2.45, 2.75) is 51.9 Å². The summed E-state index contributed by atoms with van der Waals surface area (Å²) in [5, 5.41) is 0. The Balaban J connectivity index is 1.49. The lowest BCUT2D eigenvalue weighted by Crippen LogP contribution is -2.51. The van der Waals surface area contributed by atoms with Crippen molar-refractivity contribution in [3.63, 3.8) is 0 Å². The standard InChI is InChI=1S/C20H28N4O2/c1-2-4-17-16(11-21-14-22-17)18(25)24-10-8-20(13-24)7-3-9-23(19(20)26)12-15-5-6-15/h11,14-15H,2-10,12-13H2,1H3/t20-/m1/s1. The van der Waals surface area contributed by atoms with Gasteiger partial charge in [-0.1, -0.05) is 13.3 Å². The molecule has 1 saturated carbocycles. The molecule has 1 aromatic heterocycles. The number of nitrogens with zero attached hydrogens (tertiary/aromatic N) is 4. The van der Waals surface area contributed by atoms with E-state index in [0.717, 1.165) is 50.9 Å².